The van der Waals surface area contributed by atoms with Crippen molar-refractivity contribution in [1.29, 1.82) is 0 Å². The van der Waals surface area contributed by atoms with E-state index in [2.05, 4.69) is 9.97 Å². The van der Waals surface area contributed by atoms with Crippen LogP contribution in [0.15, 0.2) is 29.1 Å². The third kappa shape index (κ3) is 1.79. The first-order valence-electron chi connectivity index (χ1n) is 4.67. The van der Waals surface area contributed by atoms with Gasteiger partial charge in [-0.25, -0.2) is 9.97 Å². The third-order valence-corrected chi connectivity index (χ3v) is 2.07. The third-order valence-electron chi connectivity index (χ3n) is 2.07. The molecule has 5 heteroatoms. The second-order valence-electron chi connectivity index (χ2n) is 3.19. The molecule has 0 spiro atoms. The van der Waals surface area contributed by atoms with E-state index >= 15 is 0 Å². The molecule has 0 N–H and O–H groups in total. The van der Waals surface area contributed by atoms with Crippen molar-refractivity contribution in [2.75, 3.05) is 7.11 Å². The van der Waals surface area contributed by atoms with Crippen LogP contribution in [0, 0.1) is 6.92 Å². The van der Waals surface area contributed by atoms with Crippen LogP contribution in [0.3, 0.4) is 0 Å². The van der Waals surface area contributed by atoms with Gasteiger partial charge in [0.15, 0.2) is 5.69 Å². The summed E-state index contributed by atoms with van der Waals surface area (Å²) in [5.41, 5.74) is 0.627. The van der Waals surface area contributed by atoms with Gasteiger partial charge >= 0.3 is 0 Å². The number of ketones is 1. The van der Waals surface area contributed by atoms with Crippen LogP contribution >= 0.6 is 0 Å². The number of aromatic nitrogens is 2. The van der Waals surface area contributed by atoms with Crippen molar-refractivity contribution < 1.29 is 13.9 Å². The molecule has 2 rings (SSSR count). The van der Waals surface area contributed by atoms with E-state index in [1.165, 1.54) is 25.8 Å². The molecule has 0 saturated carbocycles. The minimum atomic E-state index is -0.262. The Labute approximate surface area is 92.1 Å². The summed E-state index contributed by atoms with van der Waals surface area (Å²) in [6.07, 6.45) is 4.31. The minimum absolute atomic E-state index is 0.186. The molecule has 0 aromatic carbocycles. The lowest BCUT2D eigenvalue weighted by Crippen LogP contribution is -2.06. The van der Waals surface area contributed by atoms with Crippen molar-refractivity contribution in [2.45, 2.75) is 6.92 Å². The summed E-state index contributed by atoms with van der Waals surface area (Å²) < 4.78 is 10.0. The van der Waals surface area contributed by atoms with E-state index in [0.29, 0.717) is 11.3 Å². The molecule has 0 bridgehead atoms. The summed E-state index contributed by atoms with van der Waals surface area (Å²) in [5.74, 6) is 0.624. The molecule has 0 radical (unpaired) electrons. The first kappa shape index (κ1) is 10.4. The van der Waals surface area contributed by atoms with E-state index in [1.807, 2.05) is 0 Å². The topological polar surface area (TPSA) is 65.2 Å². The van der Waals surface area contributed by atoms with Crippen LogP contribution in [0.4, 0.5) is 0 Å². The number of carbonyl (C=O) groups is 1. The molecule has 0 aliphatic heterocycles. The average Bonchev–Trinajstić information content (AvgIpc) is 2.75. The molecule has 5 nitrogen and oxygen atoms in total. The van der Waals surface area contributed by atoms with Gasteiger partial charge in [-0.3, -0.25) is 4.79 Å². The van der Waals surface area contributed by atoms with Crippen molar-refractivity contribution in [1.82, 2.24) is 9.97 Å². The zero-order valence-electron chi connectivity index (χ0n) is 8.93. The zero-order valence-corrected chi connectivity index (χ0v) is 8.93. The van der Waals surface area contributed by atoms with E-state index in [1.54, 1.807) is 13.0 Å². The van der Waals surface area contributed by atoms with Gasteiger partial charge in [-0.05, 0) is 13.0 Å². The second kappa shape index (κ2) is 4.14. The molecule has 0 atom stereocenters. The Hall–Kier alpha value is -2.17. The lowest BCUT2D eigenvalue weighted by atomic mass is 10.1. The standard InChI is InChI=1S/C11H10N2O3/c1-7-5-8(6-16-7)10(14)9-11(15-2)13-4-3-12-9/h3-6H,1-2H3. The molecule has 0 fully saturated rings. The Morgan fingerprint density at radius 1 is 1.38 bits per heavy atom. The highest BCUT2D eigenvalue weighted by molar-refractivity contribution is 6.08. The number of hydrogen-bond acceptors (Lipinski definition) is 5. The van der Waals surface area contributed by atoms with Crippen LogP contribution < -0.4 is 4.74 Å². The largest absolute Gasteiger partial charge is 0.479 e. The molecule has 0 saturated heterocycles. The van der Waals surface area contributed by atoms with Crippen LogP contribution in [0.1, 0.15) is 21.8 Å². The number of aryl methyl sites for hydroxylation is 1. The fourth-order valence-electron chi connectivity index (χ4n) is 1.33. The maximum Gasteiger partial charge on any atom is 0.243 e. The Morgan fingerprint density at radius 2 is 2.12 bits per heavy atom. The van der Waals surface area contributed by atoms with Gasteiger partial charge in [0.1, 0.15) is 12.0 Å². The summed E-state index contributed by atoms with van der Waals surface area (Å²) in [7, 11) is 1.45. The van der Waals surface area contributed by atoms with Crippen LogP contribution in [0.2, 0.25) is 0 Å². The fraction of sp³-hybridized carbons (Fsp3) is 0.182. The Bertz CT molecular complexity index is 519. The SMILES string of the molecule is COc1nccnc1C(=O)c1coc(C)c1. The van der Waals surface area contributed by atoms with Crippen molar-refractivity contribution in [3.05, 3.63) is 41.7 Å². The Kier molecular flexibility index (Phi) is 2.68. The fourth-order valence-corrected chi connectivity index (χ4v) is 1.33. The molecule has 2 aromatic heterocycles. The molecular weight excluding hydrogens is 208 g/mol. The van der Waals surface area contributed by atoms with E-state index in [0.717, 1.165) is 0 Å². The van der Waals surface area contributed by atoms with Crippen molar-refractivity contribution in [2.24, 2.45) is 0 Å². The maximum atomic E-state index is 12.0. The summed E-state index contributed by atoms with van der Waals surface area (Å²) in [6.45, 7) is 1.77. The number of carbonyl (C=O) groups excluding carboxylic acids is 1. The smallest absolute Gasteiger partial charge is 0.243 e. The predicted molar refractivity (Wildman–Crippen MR) is 55.5 cm³/mol. The molecule has 0 aliphatic carbocycles. The highest BCUT2D eigenvalue weighted by atomic mass is 16.5. The van der Waals surface area contributed by atoms with E-state index in [4.69, 9.17) is 9.15 Å². The summed E-state index contributed by atoms with van der Waals surface area (Å²) in [5, 5.41) is 0. The molecule has 2 heterocycles. The van der Waals surface area contributed by atoms with Crippen LogP contribution in [-0.4, -0.2) is 22.9 Å². The van der Waals surface area contributed by atoms with E-state index in [9.17, 15) is 4.79 Å². The molecule has 16 heavy (non-hydrogen) atoms. The molecule has 0 unspecified atom stereocenters. The Balaban J connectivity index is 2.41. The number of furan rings is 1. The predicted octanol–water partition coefficient (Wildman–Crippen LogP) is 1.62. The van der Waals surface area contributed by atoms with Gasteiger partial charge < -0.3 is 9.15 Å². The summed E-state index contributed by atoms with van der Waals surface area (Å²) in [6, 6.07) is 1.65. The minimum Gasteiger partial charge on any atom is -0.479 e. The van der Waals surface area contributed by atoms with Crippen LogP contribution in [0.25, 0.3) is 0 Å². The first-order valence-corrected chi connectivity index (χ1v) is 4.67. The number of rotatable bonds is 3. The van der Waals surface area contributed by atoms with Crippen LogP contribution in [0.5, 0.6) is 5.88 Å². The number of ether oxygens (including phenoxy) is 1. The van der Waals surface area contributed by atoms with Crippen molar-refractivity contribution in [3.8, 4) is 5.88 Å². The number of nitrogens with zero attached hydrogens (tertiary/aromatic N) is 2. The molecule has 82 valence electrons. The average molecular weight is 218 g/mol. The molecular formula is C11H10N2O3. The highest BCUT2D eigenvalue weighted by Gasteiger charge is 2.18. The van der Waals surface area contributed by atoms with Gasteiger partial charge in [0.2, 0.25) is 11.7 Å². The monoisotopic (exact) mass is 218 g/mol. The normalized spacial score (nSPS) is 10.1. The second-order valence-corrected chi connectivity index (χ2v) is 3.19. The highest BCUT2D eigenvalue weighted by Crippen LogP contribution is 2.17. The van der Waals surface area contributed by atoms with Gasteiger partial charge in [-0.2, -0.15) is 0 Å². The summed E-state index contributed by atoms with van der Waals surface area (Å²) >= 11 is 0. The number of methoxy groups -OCH3 is 1. The van der Waals surface area contributed by atoms with Gasteiger partial charge in [-0.1, -0.05) is 0 Å². The first-order chi connectivity index (χ1) is 7.72. The van der Waals surface area contributed by atoms with E-state index < -0.39 is 0 Å². The van der Waals surface area contributed by atoms with Gasteiger partial charge in [0, 0.05) is 12.4 Å². The van der Waals surface area contributed by atoms with Gasteiger partial charge in [-0.15, -0.1) is 0 Å². The van der Waals surface area contributed by atoms with Gasteiger partial charge in [0.25, 0.3) is 0 Å². The lowest BCUT2D eigenvalue weighted by molar-refractivity contribution is 0.102. The lowest BCUT2D eigenvalue weighted by Gasteiger charge is -2.02. The summed E-state index contributed by atoms with van der Waals surface area (Å²) in [4.78, 5) is 19.9. The van der Waals surface area contributed by atoms with E-state index in [-0.39, 0.29) is 17.4 Å². The zero-order chi connectivity index (χ0) is 11.5. The van der Waals surface area contributed by atoms with Gasteiger partial charge in [0.05, 0.1) is 12.7 Å². The Morgan fingerprint density at radius 3 is 2.75 bits per heavy atom. The number of hydrogen-bond donors (Lipinski definition) is 0. The maximum absolute atomic E-state index is 12.0. The molecule has 0 amide bonds. The molecule has 2 aromatic rings. The van der Waals surface area contributed by atoms with Crippen LogP contribution in [-0.2, 0) is 0 Å². The van der Waals surface area contributed by atoms with Crippen molar-refractivity contribution in [3.63, 3.8) is 0 Å². The van der Waals surface area contributed by atoms with Crippen molar-refractivity contribution >= 4 is 5.78 Å². The molecule has 0 aliphatic rings. The quantitative estimate of drug-likeness (QED) is 0.732.